The minimum atomic E-state index is -0.372. The van der Waals surface area contributed by atoms with Gasteiger partial charge in [0, 0.05) is 11.3 Å². The average molecular weight is 300 g/mol. The van der Waals surface area contributed by atoms with Gasteiger partial charge in [-0.15, -0.1) is 0 Å². The lowest BCUT2D eigenvalue weighted by Crippen LogP contribution is -2.13. The van der Waals surface area contributed by atoms with Crippen LogP contribution >= 0.6 is 0 Å². The normalized spacial score (nSPS) is 13.4. The van der Waals surface area contributed by atoms with Crippen molar-refractivity contribution in [1.29, 1.82) is 0 Å². The van der Waals surface area contributed by atoms with Crippen molar-refractivity contribution in [2.45, 2.75) is 6.42 Å². The molecule has 0 aliphatic carbocycles. The summed E-state index contributed by atoms with van der Waals surface area (Å²) in [6.45, 7) is 0.306. The molecule has 0 atom stereocenters. The van der Waals surface area contributed by atoms with Crippen LogP contribution in [-0.2, 0) is 4.79 Å². The molecule has 1 aliphatic heterocycles. The van der Waals surface area contributed by atoms with Gasteiger partial charge >= 0.3 is 0 Å². The van der Waals surface area contributed by atoms with Crippen molar-refractivity contribution in [2.24, 2.45) is 0 Å². The molecule has 0 unspecified atom stereocenters. The van der Waals surface area contributed by atoms with Gasteiger partial charge in [0.05, 0.1) is 18.7 Å². The minimum absolute atomic E-state index is 0.158. The third-order valence-corrected chi connectivity index (χ3v) is 3.20. The summed E-state index contributed by atoms with van der Waals surface area (Å²) in [5.74, 6) is -0.352. The molecule has 0 saturated carbocycles. The molecule has 0 bridgehead atoms. The van der Waals surface area contributed by atoms with Crippen LogP contribution in [0.25, 0.3) is 0 Å². The van der Waals surface area contributed by atoms with Gasteiger partial charge in [-0.25, -0.2) is 4.39 Å². The second-order valence-electron chi connectivity index (χ2n) is 4.82. The van der Waals surface area contributed by atoms with Crippen molar-refractivity contribution < 1.29 is 18.7 Å². The second kappa shape index (κ2) is 5.85. The first-order valence-electron chi connectivity index (χ1n) is 6.75. The number of amides is 2. The van der Waals surface area contributed by atoms with E-state index in [4.69, 9.17) is 4.74 Å². The SMILES string of the molecule is O=C1CCOc2ccc(C(=O)Nc3ccc(F)cc3)cc2N1. The van der Waals surface area contributed by atoms with Gasteiger partial charge in [-0.1, -0.05) is 0 Å². The Hall–Kier alpha value is -2.89. The molecule has 0 saturated heterocycles. The number of halogens is 1. The maximum Gasteiger partial charge on any atom is 0.255 e. The van der Waals surface area contributed by atoms with Crippen LogP contribution in [0.15, 0.2) is 42.5 Å². The van der Waals surface area contributed by atoms with E-state index in [9.17, 15) is 14.0 Å². The van der Waals surface area contributed by atoms with E-state index in [-0.39, 0.29) is 24.1 Å². The van der Waals surface area contributed by atoms with E-state index in [1.165, 1.54) is 24.3 Å². The number of carbonyl (C=O) groups is 2. The van der Waals surface area contributed by atoms with Crippen molar-refractivity contribution in [2.75, 3.05) is 17.2 Å². The molecule has 3 rings (SSSR count). The molecule has 112 valence electrons. The quantitative estimate of drug-likeness (QED) is 0.896. The lowest BCUT2D eigenvalue weighted by molar-refractivity contribution is -0.116. The minimum Gasteiger partial charge on any atom is -0.491 e. The summed E-state index contributed by atoms with van der Waals surface area (Å²) in [6, 6.07) is 10.3. The molecule has 1 heterocycles. The molecule has 6 heteroatoms. The van der Waals surface area contributed by atoms with Crippen molar-refractivity contribution >= 4 is 23.2 Å². The number of hydrogen-bond acceptors (Lipinski definition) is 3. The van der Waals surface area contributed by atoms with Gasteiger partial charge in [0.1, 0.15) is 11.6 Å². The number of nitrogens with one attached hydrogen (secondary N) is 2. The van der Waals surface area contributed by atoms with Crippen LogP contribution in [0.4, 0.5) is 15.8 Å². The van der Waals surface area contributed by atoms with Crippen LogP contribution in [0.3, 0.4) is 0 Å². The monoisotopic (exact) mass is 300 g/mol. The van der Waals surface area contributed by atoms with Crippen molar-refractivity contribution in [1.82, 2.24) is 0 Å². The second-order valence-corrected chi connectivity index (χ2v) is 4.82. The van der Waals surface area contributed by atoms with E-state index < -0.39 is 0 Å². The number of benzene rings is 2. The predicted molar refractivity (Wildman–Crippen MR) is 79.5 cm³/mol. The Bertz CT molecular complexity index is 729. The predicted octanol–water partition coefficient (Wildman–Crippen LogP) is 2.80. The number of fused-ring (bicyclic) bond motifs is 1. The van der Waals surface area contributed by atoms with Gasteiger partial charge in [0.15, 0.2) is 0 Å². The summed E-state index contributed by atoms with van der Waals surface area (Å²) in [5, 5.41) is 5.36. The van der Waals surface area contributed by atoms with Crippen LogP contribution in [0.1, 0.15) is 16.8 Å². The number of carbonyl (C=O) groups excluding carboxylic acids is 2. The van der Waals surface area contributed by atoms with Gasteiger partial charge in [-0.2, -0.15) is 0 Å². The summed E-state index contributed by atoms with van der Waals surface area (Å²) in [6.07, 6.45) is 0.270. The molecule has 5 nitrogen and oxygen atoms in total. The van der Waals surface area contributed by atoms with Crippen molar-refractivity contribution in [3.05, 3.63) is 53.8 Å². The van der Waals surface area contributed by atoms with E-state index in [0.717, 1.165) is 0 Å². The van der Waals surface area contributed by atoms with Gasteiger partial charge in [-0.05, 0) is 42.5 Å². The zero-order chi connectivity index (χ0) is 15.5. The van der Waals surface area contributed by atoms with Crippen LogP contribution in [0.2, 0.25) is 0 Å². The Morgan fingerprint density at radius 3 is 2.73 bits per heavy atom. The fraction of sp³-hybridized carbons (Fsp3) is 0.125. The van der Waals surface area contributed by atoms with Crippen molar-refractivity contribution in [3.8, 4) is 5.75 Å². The standard InChI is InChI=1S/C16H13FN2O3/c17-11-2-4-12(5-3-11)18-16(21)10-1-6-14-13(9-10)19-15(20)7-8-22-14/h1-6,9H,7-8H2,(H,18,21)(H,19,20). The molecule has 0 spiro atoms. The summed E-state index contributed by atoms with van der Waals surface area (Å²) in [7, 11) is 0. The van der Waals surface area contributed by atoms with Gasteiger partial charge in [0.2, 0.25) is 5.91 Å². The van der Waals surface area contributed by atoms with Crippen LogP contribution < -0.4 is 15.4 Å². The topological polar surface area (TPSA) is 67.4 Å². The molecule has 2 aromatic carbocycles. The Labute approximate surface area is 126 Å². The smallest absolute Gasteiger partial charge is 0.255 e. The fourth-order valence-electron chi connectivity index (χ4n) is 2.10. The Balaban J connectivity index is 1.81. The van der Waals surface area contributed by atoms with E-state index in [2.05, 4.69) is 10.6 Å². The molecule has 2 aromatic rings. The van der Waals surface area contributed by atoms with Crippen molar-refractivity contribution in [3.63, 3.8) is 0 Å². The molecule has 2 N–H and O–H groups in total. The zero-order valence-electron chi connectivity index (χ0n) is 11.6. The molecule has 0 aromatic heterocycles. The number of hydrogen-bond donors (Lipinski definition) is 2. The lowest BCUT2D eigenvalue weighted by atomic mass is 10.1. The zero-order valence-corrected chi connectivity index (χ0v) is 11.6. The number of anilines is 2. The average Bonchev–Trinajstić information content (AvgIpc) is 2.69. The Kier molecular flexibility index (Phi) is 3.74. The highest BCUT2D eigenvalue weighted by molar-refractivity contribution is 6.05. The fourth-order valence-corrected chi connectivity index (χ4v) is 2.10. The van der Waals surface area contributed by atoms with E-state index in [1.54, 1.807) is 18.2 Å². The molecule has 0 fully saturated rings. The van der Waals surface area contributed by atoms with E-state index >= 15 is 0 Å². The van der Waals surface area contributed by atoms with E-state index in [0.29, 0.717) is 29.3 Å². The van der Waals surface area contributed by atoms with Gasteiger partial charge < -0.3 is 15.4 Å². The Morgan fingerprint density at radius 1 is 1.18 bits per heavy atom. The van der Waals surface area contributed by atoms with E-state index in [1.807, 2.05) is 0 Å². The van der Waals surface area contributed by atoms with Crippen LogP contribution in [0, 0.1) is 5.82 Å². The molecule has 2 amide bonds. The highest BCUT2D eigenvalue weighted by Crippen LogP contribution is 2.28. The molecule has 1 aliphatic rings. The van der Waals surface area contributed by atoms with Gasteiger partial charge in [-0.3, -0.25) is 9.59 Å². The first-order valence-corrected chi connectivity index (χ1v) is 6.75. The summed E-state index contributed by atoms with van der Waals surface area (Å²) < 4.78 is 18.3. The molecule has 22 heavy (non-hydrogen) atoms. The highest BCUT2D eigenvalue weighted by atomic mass is 19.1. The molecular weight excluding hydrogens is 287 g/mol. The highest BCUT2D eigenvalue weighted by Gasteiger charge is 2.16. The summed E-state index contributed by atoms with van der Waals surface area (Å²) >= 11 is 0. The third kappa shape index (κ3) is 3.06. The summed E-state index contributed by atoms with van der Waals surface area (Å²) in [5.41, 5.74) is 1.32. The number of ether oxygens (including phenoxy) is 1. The van der Waals surface area contributed by atoms with Gasteiger partial charge in [0.25, 0.3) is 5.91 Å². The molecular formula is C16H13FN2O3. The largest absolute Gasteiger partial charge is 0.491 e. The maximum atomic E-state index is 12.8. The number of rotatable bonds is 2. The summed E-state index contributed by atoms with van der Waals surface area (Å²) in [4.78, 5) is 23.7. The Morgan fingerprint density at radius 2 is 1.95 bits per heavy atom. The van der Waals surface area contributed by atoms with Crippen LogP contribution in [0.5, 0.6) is 5.75 Å². The van der Waals surface area contributed by atoms with Crippen LogP contribution in [-0.4, -0.2) is 18.4 Å². The third-order valence-electron chi connectivity index (χ3n) is 3.20. The lowest BCUT2D eigenvalue weighted by Gasteiger charge is -2.10. The maximum absolute atomic E-state index is 12.8. The first-order chi connectivity index (χ1) is 10.6. The first kappa shape index (κ1) is 14.1. The molecule has 0 radical (unpaired) electrons.